The number of carboxylic acid groups (broad SMARTS) is 2. The zero-order chi connectivity index (χ0) is 33.8. The van der Waals surface area contributed by atoms with Crippen LogP contribution in [0.1, 0.15) is 92.1 Å². The van der Waals surface area contributed by atoms with Crippen LogP contribution in [-0.4, -0.2) is 64.9 Å². The molecule has 2 aromatic heterocycles. The largest absolute Gasteiger partial charge is 0.481 e. The number of aromatic amines is 2. The van der Waals surface area contributed by atoms with Crippen molar-refractivity contribution in [2.75, 3.05) is 0 Å². The summed E-state index contributed by atoms with van der Waals surface area (Å²) in [5, 5.41) is 41.1. The molecule has 8 bridgehead atoms. The number of aromatic nitrogens is 2. The average molecular weight is 670 g/mol. The van der Waals surface area contributed by atoms with E-state index >= 15 is 0 Å². The summed E-state index contributed by atoms with van der Waals surface area (Å²) < 4.78 is 0. The number of hydrogen-bond acceptors (Lipinski definition) is 6. The summed E-state index contributed by atoms with van der Waals surface area (Å²) in [5.74, 6) is -1.88. The van der Waals surface area contributed by atoms with Gasteiger partial charge in [0.25, 0.3) is 0 Å². The number of hydrogen-bond donors (Lipinski definition) is 6. The Hall–Kier alpha value is -3.70. The van der Waals surface area contributed by atoms with Crippen molar-refractivity contribution in [3.63, 3.8) is 0 Å². The van der Waals surface area contributed by atoms with Crippen molar-refractivity contribution in [2.45, 2.75) is 89.8 Å². The molecular formula is C34H38Cl2N4O6. The molecule has 0 fully saturated rings. The van der Waals surface area contributed by atoms with E-state index in [0.717, 1.165) is 27.8 Å². The van der Waals surface area contributed by atoms with E-state index in [1.54, 1.807) is 26.8 Å². The van der Waals surface area contributed by atoms with E-state index in [9.17, 15) is 30.0 Å². The highest BCUT2D eigenvalue weighted by atomic mass is 35.5. The number of fused-ring (bicyclic) bond motifs is 6. The molecule has 0 aliphatic carbocycles. The molecule has 0 amide bonds. The lowest BCUT2D eigenvalue weighted by Gasteiger charge is -2.27. The highest BCUT2D eigenvalue weighted by Crippen LogP contribution is 2.51. The summed E-state index contributed by atoms with van der Waals surface area (Å²) in [6.07, 6.45) is 3.88. The van der Waals surface area contributed by atoms with Crippen molar-refractivity contribution in [3.05, 3.63) is 72.3 Å². The Balaban J connectivity index is 1.89. The first-order valence-electron chi connectivity index (χ1n) is 15.1. The van der Waals surface area contributed by atoms with Crippen LogP contribution in [0.15, 0.2) is 38.0 Å². The minimum atomic E-state index is -1.51. The maximum absolute atomic E-state index is 11.6. The quantitative estimate of drug-likeness (QED) is 0.177. The summed E-state index contributed by atoms with van der Waals surface area (Å²) in [5.41, 5.74) is 8.23. The first-order chi connectivity index (χ1) is 21.5. The number of aliphatic carboxylic acids is 2. The normalized spacial score (nSPS) is 22.2. The van der Waals surface area contributed by atoms with E-state index in [1.807, 2.05) is 32.9 Å². The van der Waals surface area contributed by atoms with Gasteiger partial charge in [0, 0.05) is 46.1 Å². The molecule has 10 nitrogen and oxygen atoms in total. The van der Waals surface area contributed by atoms with Crippen molar-refractivity contribution in [2.24, 2.45) is 9.98 Å². The van der Waals surface area contributed by atoms with Gasteiger partial charge in [-0.1, -0.05) is 11.6 Å². The lowest BCUT2D eigenvalue weighted by Crippen LogP contribution is -2.26. The zero-order valence-corrected chi connectivity index (χ0v) is 28.1. The Kier molecular flexibility index (Phi) is 9.13. The monoisotopic (exact) mass is 668 g/mol. The molecular weight excluding hydrogens is 631 g/mol. The fraction of sp³-hybridized carbons (Fsp3) is 0.412. The fourth-order valence-corrected chi connectivity index (χ4v) is 7.34. The first kappa shape index (κ1) is 33.7. The van der Waals surface area contributed by atoms with Gasteiger partial charge in [0.1, 0.15) is 5.38 Å². The first-order valence-corrected chi connectivity index (χ1v) is 15.9. The van der Waals surface area contributed by atoms with Crippen LogP contribution in [-0.2, 0) is 16.0 Å². The van der Waals surface area contributed by atoms with Gasteiger partial charge in [-0.05, 0) is 106 Å². The van der Waals surface area contributed by atoms with Crippen molar-refractivity contribution in [1.82, 2.24) is 9.97 Å². The Morgan fingerprint density at radius 2 is 1.54 bits per heavy atom. The second-order valence-electron chi connectivity index (χ2n) is 12.2. The van der Waals surface area contributed by atoms with Crippen molar-refractivity contribution in [1.29, 1.82) is 0 Å². The van der Waals surface area contributed by atoms with Crippen molar-refractivity contribution < 1.29 is 30.0 Å². The zero-order valence-electron chi connectivity index (χ0n) is 26.5. The van der Waals surface area contributed by atoms with Gasteiger partial charge < -0.3 is 30.4 Å². The second kappa shape index (κ2) is 12.5. The Morgan fingerprint density at radius 3 is 2.15 bits per heavy atom. The van der Waals surface area contributed by atoms with Crippen LogP contribution in [0.25, 0.3) is 18.2 Å². The van der Waals surface area contributed by atoms with E-state index in [4.69, 9.17) is 33.2 Å². The number of alkyl halides is 2. The Morgan fingerprint density at radius 1 is 0.913 bits per heavy atom. The van der Waals surface area contributed by atoms with Crippen LogP contribution in [0.4, 0.5) is 0 Å². The van der Waals surface area contributed by atoms with Crippen LogP contribution >= 0.6 is 23.2 Å². The van der Waals surface area contributed by atoms with Crippen LogP contribution in [0.5, 0.6) is 0 Å². The molecule has 244 valence electrons. The minimum Gasteiger partial charge on any atom is -0.481 e. The van der Waals surface area contributed by atoms with E-state index < -0.39 is 34.5 Å². The molecule has 6 N–H and O–H groups in total. The van der Waals surface area contributed by atoms with E-state index in [1.165, 1.54) is 0 Å². The number of rotatable bonds is 8. The van der Waals surface area contributed by atoms with Gasteiger partial charge in [-0.2, -0.15) is 0 Å². The smallest absolute Gasteiger partial charge is 0.303 e. The molecule has 46 heavy (non-hydrogen) atoms. The standard InChI is InChI=1S/C34H38Cl2N4O6/c1-14-20(7-9-28(43)44)25-13-26-21(8-10-29(45)46)15(2)23(38-26)12-27-31(19(6)42)17(4)34(36,40-27)33(35)32-30(18(5)41)16(3)24(39-32)11-22(14)37-25/h11-13,18-19,33,38-39,41-42H,7-10H2,1-6H3,(H,43,44)(H,45,46). The highest BCUT2D eigenvalue weighted by molar-refractivity contribution is 6.38. The van der Waals surface area contributed by atoms with Crippen LogP contribution in [0.3, 0.4) is 0 Å². The average Bonchev–Trinajstić information content (AvgIpc) is 3.62. The third-order valence-electron chi connectivity index (χ3n) is 9.14. The lowest BCUT2D eigenvalue weighted by molar-refractivity contribution is -0.137. The number of carboxylic acids is 2. The van der Waals surface area contributed by atoms with Gasteiger partial charge in [-0.25, -0.2) is 4.99 Å². The Labute approximate surface area is 276 Å². The van der Waals surface area contributed by atoms with Gasteiger partial charge in [-0.3, -0.25) is 14.6 Å². The van der Waals surface area contributed by atoms with Gasteiger partial charge in [0.2, 0.25) is 0 Å². The number of aliphatic imine (C=N–C) groups is 2. The lowest BCUT2D eigenvalue weighted by atomic mass is 9.93. The summed E-state index contributed by atoms with van der Waals surface area (Å²) in [6.45, 7) is 10.7. The number of allylic oxidation sites excluding steroid dienone is 2. The third-order valence-corrected chi connectivity index (χ3v) is 10.4. The molecule has 3 aliphatic rings. The van der Waals surface area contributed by atoms with Crippen molar-refractivity contribution in [3.8, 4) is 0 Å². The highest BCUT2D eigenvalue weighted by Gasteiger charge is 2.47. The Bertz CT molecular complexity index is 1940. The number of nitrogens with zero attached hydrogens (tertiary/aromatic N) is 2. The molecule has 2 aromatic rings. The summed E-state index contributed by atoms with van der Waals surface area (Å²) >= 11 is 14.5. The van der Waals surface area contributed by atoms with Crippen molar-refractivity contribution >= 4 is 64.8 Å². The molecule has 0 aromatic carbocycles. The molecule has 5 heterocycles. The predicted molar refractivity (Wildman–Crippen MR) is 180 cm³/mol. The molecule has 12 heteroatoms. The molecule has 4 atom stereocenters. The molecule has 4 unspecified atom stereocenters. The summed E-state index contributed by atoms with van der Waals surface area (Å²) in [7, 11) is 0. The van der Waals surface area contributed by atoms with Crippen LogP contribution in [0.2, 0.25) is 0 Å². The maximum atomic E-state index is 11.6. The van der Waals surface area contributed by atoms with E-state index in [0.29, 0.717) is 55.9 Å². The molecule has 0 spiro atoms. The summed E-state index contributed by atoms with van der Waals surface area (Å²) in [4.78, 5) is 38.3. The molecule has 0 saturated carbocycles. The van der Waals surface area contributed by atoms with Gasteiger partial charge in [0.15, 0.2) is 5.00 Å². The van der Waals surface area contributed by atoms with E-state index in [-0.39, 0.29) is 25.7 Å². The topological polar surface area (TPSA) is 171 Å². The number of halogens is 2. The SMILES string of the molecule is CC1=C(CCC(=O)O)C2=NC1=Cc1[nH]c(c(C(C)O)c1C)C(Cl)C1(Cl)N=C(C=c3[nH]c(c(CCC(=O)O)c3C)=C2)C(C(C)O)=C1C. The number of carbonyl (C=O) groups is 2. The fourth-order valence-electron chi connectivity index (χ4n) is 6.66. The van der Waals surface area contributed by atoms with Gasteiger partial charge in [0.05, 0.1) is 29.3 Å². The predicted octanol–water partition coefficient (Wildman–Crippen LogP) is 4.65. The minimum absolute atomic E-state index is 0.0985. The van der Waals surface area contributed by atoms with Crippen LogP contribution in [0, 0.1) is 13.8 Å². The second-order valence-corrected chi connectivity index (χ2v) is 13.2. The maximum Gasteiger partial charge on any atom is 0.303 e. The molecule has 5 rings (SSSR count). The summed E-state index contributed by atoms with van der Waals surface area (Å²) in [6, 6.07) is 0. The number of aliphatic hydroxyl groups is 2. The molecule has 0 radical (unpaired) electrons. The van der Waals surface area contributed by atoms with Crippen LogP contribution < -0.4 is 10.7 Å². The number of H-pyrrole nitrogens is 2. The van der Waals surface area contributed by atoms with E-state index in [2.05, 4.69) is 9.97 Å². The number of aliphatic hydroxyl groups excluding tert-OH is 2. The third kappa shape index (κ3) is 5.83. The van der Waals surface area contributed by atoms with Gasteiger partial charge >= 0.3 is 11.9 Å². The van der Waals surface area contributed by atoms with Gasteiger partial charge in [-0.15, -0.1) is 11.6 Å². The molecule has 0 saturated heterocycles. The number of nitrogens with one attached hydrogen (secondary N) is 2. The molecule has 3 aliphatic heterocycles.